The van der Waals surface area contributed by atoms with Crippen molar-refractivity contribution in [3.05, 3.63) is 42.5 Å². The fourth-order valence-electron chi connectivity index (χ4n) is 2.97. The average Bonchev–Trinajstić information content (AvgIpc) is 2.81. The molecule has 1 atom stereocenters. The van der Waals surface area contributed by atoms with Gasteiger partial charge in [0.2, 0.25) is 5.91 Å². The van der Waals surface area contributed by atoms with E-state index in [1.807, 2.05) is 50.2 Å². The highest BCUT2D eigenvalue weighted by atomic mass is 16.2. The van der Waals surface area contributed by atoms with Crippen LogP contribution in [-0.4, -0.2) is 35.3 Å². The number of anilines is 1. The number of carbonyl (C=O) groups is 3. The quantitative estimate of drug-likeness (QED) is 0.822. The zero-order chi connectivity index (χ0) is 18.0. The summed E-state index contributed by atoms with van der Waals surface area (Å²) in [5.74, 6) is -0.461. The maximum Gasteiger partial charge on any atom is 0.325 e. The highest BCUT2D eigenvalue weighted by molar-refractivity contribution is 6.08. The van der Waals surface area contributed by atoms with E-state index < -0.39 is 18.0 Å². The second kappa shape index (κ2) is 6.93. The van der Waals surface area contributed by atoms with Gasteiger partial charge in [0.25, 0.3) is 5.91 Å². The van der Waals surface area contributed by atoms with Gasteiger partial charge in [0.05, 0.1) is 0 Å². The molecule has 1 aliphatic heterocycles. The van der Waals surface area contributed by atoms with Crippen LogP contribution in [0.2, 0.25) is 0 Å². The average molecular weight is 339 g/mol. The molecule has 2 aromatic rings. The largest absolute Gasteiger partial charge is 0.326 e. The molecule has 4 amide bonds. The second-order valence-corrected chi connectivity index (χ2v) is 6.67. The van der Waals surface area contributed by atoms with Crippen molar-refractivity contribution in [3.8, 4) is 0 Å². The van der Waals surface area contributed by atoms with E-state index in [4.69, 9.17) is 0 Å². The minimum atomic E-state index is -0.541. The Bertz CT molecular complexity index is 832. The van der Waals surface area contributed by atoms with Gasteiger partial charge in [0.1, 0.15) is 12.6 Å². The first-order chi connectivity index (χ1) is 11.9. The second-order valence-electron chi connectivity index (χ2n) is 6.67. The number of urea groups is 1. The van der Waals surface area contributed by atoms with E-state index in [0.717, 1.165) is 15.7 Å². The number of nitrogens with zero attached hydrogens (tertiary/aromatic N) is 1. The van der Waals surface area contributed by atoms with Crippen LogP contribution in [0.25, 0.3) is 10.8 Å². The first-order valence-corrected chi connectivity index (χ1v) is 8.34. The molecule has 0 bridgehead atoms. The molecule has 2 N–H and O–H groups in total. The van der Waals surface area contributed by atoms with Gasteiger partial charge < -0.3 is 10.6 Å². The van der Waals surface area contributed by atoms with Gasteiger partial charge in [-0.15, -0.1) is 0 Å². The molecule has 1 fully saturated rings. The maximum absolute atomic E-state index is 12.3. The van der Waals surface area contributed by atoms with Gasteiger partial charge in [-0.1, -0.05) is 44.2 Å². The Kier molecular flexibility index (Phi) is 4.70. The standard InChI is InChI=1S/C19H21N3O3/c1-12(2)9-16-18(24)22(19(25)21-16)11-17(23)20-15-8-7-13-5-3-4-6-14(13)10-15/h3-8,10,12,16H,9,11H2,1-2H3,(H,20,23)(H,21,25)/t16-/m0/s1. The van der Waals surface area contributed by atoms with Crippen molar-refractivity contribution in [2.75, 3.05) is 11.9 Å². The molecule has 0 spiro atoms. The van der Waals surface area contributed by atoms with E-state index in [9.17, 15) is 14.4 Å². The summed E-state index contributed by atoms with van der Waals surface area (Å²) in [6.07, 6.45) is 0.563. The lowest BCUT2D eigenvalue weighted by atomic mass is 10.0. The molecule has 0 aromatic heterocycles. The van der Waals surface area contributed by atoms with Gasteiger partial charge in [-0.2, -0.15) is 0 Å². The van der Waals surface area contributed by atoms with E-state index in [1.165, 1.54) is 0 Å². The lowest BCUT2D eigenvalue weighted by Crippen LogP contribution is -2.38. The van der Waals surface area contributed by atoms with Gasteiger partial charge >= 0.3 is 6.03 Å². The lowest BCUT2D eigenvalue weighted by Gasteiger charge is -2.14. The van der Waals surface area contributed by atoms with Gasteiger partial charge in [-0.3, -0.25) is 14.5 Å². The Hall–Kier alpha value is -2.89. The number of hydrogen-bond donors (Lipinski definition) is 2. The predicted molar refractivity (Wildman–Crippen MR) is 96.1 cm³/mol. The van der Waals surface area contributed by atoms with E-state index in [2.05, 4.69) is 10.6 Å². The number of carbonyl (C=O) groups excluding carboxylic acids is 3. The fraction of sp³-hybridized carbons (Fsp3) is 0.316. The van der Waals surface area contributed by atoms with E-state index >= 15 is 0 Å². The van der Waals surface area contributed by atoms with Crippen molar-refractivity contribution in [2.45, 2.75) is 26.3 Å². The van der Waals surface area contributed by atoms with E-state index in [1.54, 1.807) is 6.07 Å². The smallest absolute Gasteiger partial charge is 0.325 e. The third-order valence-corrected chi connectivity index (χ3v) is 4.15. The summed E-state index contributed by atoms with van der Waals surface area (Å²) in [6, 6.07) is 12.3. The molecule has 6 nitrogen and oxygen atoms in total. The van der Waals surface area contributed by atoms with Crippen molar-refractivity contribution in [3.63, 3.8) is 0 Å². The van der Waals surface area contributed by atoms with Gasteiger partial charge in [-0.25, -0.2) is 4.79 Å². The summed E-state index contributed by atoms with van der Waals surface area (Å²) in [5, 5.41) is 7.46. The molecular weight excluding hydrogens is 318 g/mol. The van der Waals surface area contributed by atoms with Crippen molar-refractivity contribution in [1.29, 1.82) is 0 Å². The topological polar surface area (TPSA) is 78.5 Å². The lowest BCUT2D eigenvalue weighted by molar-refractivity contribution is -0.131. The zero-order valence-corrected chi connectivity index (χ0v) is 14.3. The Morgan fingerprint density at radius 3 is 2.60 bits per heavy atom. The highest BCUT2D eigenvalue weighted by Crippen LogP contribution is 2.19. The summed E-state index contributed by atoms with van der Waals surface area (Å²) in [6.45, 7) is 3.68. The summed E-state index contributed by atoms with van der Waals surface area (Å²) in [5.41, 5.74) is 0.634. The Morgan fingerprint density at radius 1 is 1.16 bits per heavy atom. The number of rotatable bonds is 5. The van der Waals surface area contributed by atoms with E-state index in [0.29, 0.717) is 12.1 Å². The summed E-state index contributed by atoms with van der Waals surface area (Å²) < 4.78 is 0. The molecule has 25 heavy (non-hydrogen) atoms. The maximum atomic E-state index is 12.3. The molecular formula is C19H21N3O3. The van der Waals surface area contributed by atoms with Crippen LogP contribution in [0.15, 0.2) is 42.5 Å². The number of imide groups is 1. The molecule has 3 rings (SSSR count). The first-order valence-electron chi connectivity index (χ1n) is 8.34. The van der Waals surface area contributed by atoms with Crippen LogP contribution >= 0.6 is 0 Å². The van der Waals surface area contributed by atoms with Crippen molar-refractivity contribution in [2.24, 2.45) is 5.92 Å². The van der Waals surface area contributed by atoms with Crippen molar-refractivity contribution in [1.82, 2.24) is 10.2 Å². The molecule has 0 radical (unpaired) electrons. The van der Waals surface area contributed by atoms with Crippen LogP contribution in [0.3, 0.4) is 0 Å². The minimum absolute atomic E-state index is 0.278. The fourth-order valence-corrected chi connectivity index (χ4v) is 2.97. The Morgan fingerprint density at radius 2 is 1.88 bits per heavy atom. The van der Waals surface area contributed by atoms with Crippen LogP contribution in [0.1, 0.15) is 20.3 Å². The number of amides is 4. The molecule has 0 aliphatic carbocycles. The SMILES string of the molecule is CC(C)C[C@@H]1NC(=O)N(CC(=O)Nc2ccc3ccccc3c2)C1=O. The zero-order valence-electron chi connectivity index (χ0n) is 14.3. The molecule has 1 heterocycles. The van der Waals surface area contributed by atoms with Crippen LogP contribution < -0.4 is 10.6 Å². The number of nitrogens with one attached hydrogen (secondary N) is 2. The minimum Gasteiger partial charge on any atom is -0.326 e. The third kappa shape index (κ3) is 3.79. The molecule has 1 saturated heterocycles. The van der Waals surface area contributed by atoms with Gasteiger partial charge in [-0.05, 0) is 35.2 Å². The van der Waals surface area contributed by atoms with Gasteiger partial charge in [0.15, 0.2) is 0 Å². The molecule has 0 saturated carbocycles. The summed E-state index contributed by atoms with van der Waals surface area (Å²) >= 11 is 0. The van der Waals surface area contributed by atoms with Crippen LogP contribution in [0.4, 0.5) is 10.5 Å². The Labute approximate surface area is 146 Å². The van der Waals surface area contributed by atoms with Crippen LogP contribution in [0.5, 0.6) is 0 Å². The van der Waals surface area contributed by atoms with E-state index in [-0.39, 0.29) is 18.4 Å². The summed E-state index contributed by atoms with van der Waals surface area (Å²) in [4.78, 5) is 37.4. The molecule has 130 valence electrons. The van der Waals surface area contributed by atoms with Crippen molar-refractivity contribution >= 4 is 34.3 Å². The normalized spacial score (nSPS) is 17.2. The highest BCUT2D eigenvalue weighted by Gasteiger charge is 2.38. The molecule has 6 heteroatoms. The predicted octanol–water partition coefficient (Wildman–Crippen LogP) is 2.74. The number of benzene rings is 2. The molecule has 0 unspecified atom stereocenters. The monoisotopic (exact) mass is 339 g/mol. The van der Waals surface area contributed by atoms with Crippen LogP contribution in [0, 0.1) is 5.92 Å². The first kappa shape index (κ1) is 17.0. The third-order valence-electron chi connectivity index (χ3n) is 4.15. The Balaban J connectivity index is 1.65. The van der Waals surface area contributed by atoms with Crippen LogP contribution in [-0.2, 0) is 9.59 Å². The molecule has 1 aliphatic rings. The summed E-state index contributed by atoms with van der Waals surface area (Å²) in [7, 11) is 0. The number of hydrogen-bond acceptors (Lipinski definition) is 3. The molecule has 2 aromatic carbocycles. The van der Waals surface area contributed by atoms with Crippen molar-refractivity contribution < 1.29 is 14.4 Å². The van der Waals surface area contributed by atoms with Gasteiger partial charge in [0, 0.05) is 5.69 Å². The number of fused-ring (bicyclic) bond motifs is 1.